The van der Waals surface area contributed by atoms with Crippen LogP contribution < -0.4 is 4.74 Å². The van der Waals surface area contributed by atoms with Crippen molar-refractivity contribution in [1.29, 1.82) is 0 Å². The van der Waals surface area contributed by atoms with Gasteiger partial charge in [0.15, 0.2) is 0 Å². The highest BCUT2D eigenvalue weighted by atomic mass is 16.5. The molecule has 1 aromatic rings. The zero-order chi connectivity index (χ0) is 16.1. The Bertz CT molecular complexity index is 535. The molecule has 0 saturated carbocycles. The third-order valence-electron chi connectivity index (χ3n) is 4.14. The van der Waals surface area contributed by atoms with Crippen molar-refractivity contribution in [2.75, 3.05) is 33.3 Å². The van der Waals surface area contributed by atoms with Crippen LogP contribution in [0, 0.1) is 0 Å². The Morgan fingerprint density at radius 3 is 2.50 bits per heavy atom. The molecular formula is C17H24N2O3. The minimum Gasteiger partial charge on any atom is -0.496 e. The minimum absolute atomic E-state index is 0.0844. The zero-order valence-electron chi connectivity index (χ0n) is 13.5. The number of carbonyl (C=O) groups excluding carboxylic acids is 2. The Hall–Kier alpha value is -2.04. The summed E-state index contributed by atoms with van der Waals surface area (Å²) in [5, 5.41) is 0. The van der Waals surface area contributed by atoms with Gasteiger partial charge in [0.05, 0.1) is 13.5 Å². The van der Waals surface area contributed by atoms with E-state index in [4.69, 9.17) is 4.74 Å². The number of amides is 2. The first-order valence-corrected chi connectivity index (χ1v) is 7.69. The van der Waals surface area contributed by atoms with Crippen molar-refractivity contribution in [3.63, 3.8) is 0 Å². The van der Waals surface area contributed by atoms with E-state index in [0.717, 1.165) is 17.7 Å². The Morgan fingerprint density at radius 2 is 1.95 bits per heavy atom. The number of carbonyl (C=O) groups is 2. The van der Waals surface area contributed by atoms with Gasteiger partial charge in [-0.2, -0.15) is 0 Å². The predicted octanol–water partition coefficient (Wildman–Crippen LogP) is 1.66. The van der Waals surface area contributed by atoms with Crippen LogP contribution in [0.15, 0.2) is 18.2 Å². The highest BCUT2D eigenvalue weighted by molar-refractivity contribution is 5.79. The second kappa shape index (κ2) is 7.29. The number of ether oxygens (including phenoxy) is 1. The summed E-state index contributed by atoms with van der Waals surface area (Å²) in [5.74, 6) is 1.28. The molecule has 0 aromatic heterocycles. The second-order valence-electron chi connectivity index (χ2n) is 5.92. The van der Waals surface area contributed by atoms with Crippen molar-refractivity contribution >= 4 is 12.3 Å². The lowest BCUT2D eigenvalue weighted by molar-refractivity contribution is -0.134. The third-order valence-corrected chi connectivity index (χ3v) is 4.14. The molecule has 0 bridgehead atoms. The van der Waals surface area contributed by atoms with Crippen LogP contribution in [0.5, 0.6) is 5.75 Å². The van der Waals surface area contributed by atoms with Crippen molar-refractivity contribution in [2.45, 2.75) is 26.2 Å². The molecule has 120 valence electrons. The molecule has 2 amide bonds. The summed E-state index contributed by atoms with van der Waals surface area (Å²) in [6, 6.07) is 6.05. The van der Waals surface area contributed by atoms with E-state index in [1.54, 1.807) is 12.0 Å². The molecule has 2 rings (SSSR count). The Balaban J connectivity index is 2.04. The topological polar surface area (TPSA) is 49.9 Å². The number of benzene rings is 1. The van der Waals surface area contributed by atoms with Crippen LogP contribution in [0.1, 0.15) is 30.9 Å². The first kappa shape index (κ1) is 16.3. The average molecular weight is 304 g/mol. The van der Waals surface area contributed by atoms with Gasteiger partial charge in [-0.15, -0.1) is 0 Å². The lowest BCUT2D eigenvalue weighted by atomic mass is 9.99. The number of hydrogen-bond acceptors (Lipinski definition) is 3. The van der Waals surface area contributed by atoms with Gasteiger partial charge in [-0.05, 0) is 17.5 Å². The number of nitrogens with zero attached hydrogens (tertiary/aromatic N) is 2. The minimum atomic E-state index is 0.0844. The van der Waals surface area contributed by atoms with E-state index < -0.39 is 0 Å². The molecule has 0 unspecified atom stereocenters. The fraction of sp³-hybridized carbons (Fsp3) is 0.529. The predicted molar refractivity (Wildman–Crippen MR) is 85.0 cm³/mol. The second-order valence-corrected chi connectivity index (χ2v) is 5.92. The maximum atomic E-state index is 12.4. The number of rotatable bonds is 5. The molecule has 1 aliphatic heterocycles. The van der Waals surface area contributed by atoms with Crippen molar-refractivity contribution < 1.29 is 14.3 Å². The summed E-state index contributed by atoms with van der Waals surface area (Å²) in [7, 11) is 1.64. The van der Waals surface area contributed by atoms with Gasteiger partial charge in [0.25, 0.3) is 0 Å². The molecule has 1 aromatic carbocycles. The fourth-order valence-corrected chi connectivity index (χ4v) is 2.62. The normalized spacial score (nSPS) is 15.1. The average Bonchev–Trinajstić information content (AvgIpc) is 2.55. The zero-order valence-corrected chi connectivity index (χ0v) is 13.5. The van der Waals surface area contributed by atoms with Crippen molar-refractivity contribution in [2.24, 2.45) is 0 Å². The molecule has 1 heterocycles. The van der Waals surface area contributed by atoms with Crippen LogP contribution >= 0.6 is 0 Å². The maximum Gasteiger partial charge on any atom is 0.227 e. The molecule has 1 saturated heterocycles. The van der Waals surface area contributed by atoms with E-state index in [1.807, 2.05) is 17.0 Å². The molecule has 5 heteroatoms. The van der Waals surface area contributed by atoms with E-state index in [9.17, 15) is 9.59 Å². The fourth-order valence-electron chi connectivity index (χ4n) is 2.62. The van der Waals surface area contributed by atoms with Gasteiger partial charge in [-0.25, -0.2) is 0 Å². The summed E-state index contributed by atoms with van der Waals surface area (Å²) >= 11 is 0. The van der Waals surface area contributed by atoms with E-state index >= 15 is 0 Å². The third kappa shape index (κ3) is 3.78. The van der Waals surface area contributed by atoms with E-state index in [2.05, 4.69) is 19.9 Å². The van der Waals surface area contributed by atoms with Crippen LogP contribution in [-0.4, -0.2) is 55.4 Å². The van der Waals surface area contributed by atoms with Crippen molar-refractivity contribution in [1.82, 2.24) is 9.80 Å². The number of methoxy groups -OCH3 is 1. The monoisotopic (exact) mass is 304 g/mol. The quantitative estimate of drug-likeness (QED) is 0.777. The Labute approximate surface area is 131 Å². The number of hydrogen-bond donors (Lipinski definition) is 0. The lowest BCUT2D eigenvalue weighted by Crippen LogP contribution is -2.48. The van der Waals surface area contributed by atoms with Gasteiger partial charge in [0, 0.05) is 31.7 Å². The van der Waals surface area contributed by atoms with Gasteiger partial charge >= 0.3 is 0 Å². The first-order chi connectivity index (χ1) is 10.5. The highest BCUT2D eigenvalue weighted by Crippen LogP contribution is 2.25. The standard InChI is InChI=1S/C17H24N2O3/c1-13(2)14-4-5-15(16(10-14)22-3)11-17(21)19-8-6-18(12-20)7-9-19/h4-5,10,12-13H,6-9,11H2,1-3H3. The van der Waals surface area contributed by atoms with E-state index in [-0.39, 0.29) is 5.91 Å². The van der Waals surface area contributed by atoms with Crippen LogP contribution in [0.2, 0.25) is 0 Å². The van der Waals surface area contributed by atoms with Crippen LogP contribution in [0.3, 0.4) is 0 Å². The SMILES string of the molecule is COc1cc(C(C)C)ccc1CC(=O)N1CCN(C=O)CC1. The first-order valence-electron chi connectivity index (χ1n) is 7.69. The molecule has 0 N–H and O–H groups in total. The van der Waals surface area contributed by atoms with Gasteiger partial charge < -0.3 is 14.5 Å². The molecule has 0 radical (unpaired) electrons. The molecule has 0 aliphatic carbocycles. The molecule has 5 nitrogen and oxygen atoms in total. The van der Waals surface area contributed by atoms with Crippen LogP contribution in [0.25, 0.3) is 0 Å². The maximum absolute atomic E-state index is 12.4. The van der Waals surface area contributed by atoms with Gasteiger partial charge in [-0.1, -0.05) is 26.0 Å². The van der Waals surface area contributed by atoms with Crippen LogP contribution in [-0.2, 0) is 16.0 Å². The van der Waals surface area contributed by atoms with Gasteiger partial charge in [0.2, 0.25) is 12.3 Å². The molecule has 22 heavy (non-hydrogen) atoms. The molecule has 0 atom stereocenters. The Kier molecular flexibility index (Phi) is 5.41. The van der Waals surface area contributed by atoms with Gasteiger partial charge in [-0.3, -0.25) is 9.59 Å². The van der Waals surface area contributed by atoms with E-state index in [0.29, 0.717) is 38.5 Å². The summed E-state index contributed by atoms with van der Waals surface area (Å²) in [6.07, 6.45) is 1.18. The Morgan fingerprint density at radius 1 is 1.27 bits per heavy atom. The largest absolute Gasteiger partial charge is 0.496 e. The summed E-state index contributed by atoms with van der Waals surface area (Å²) in [6.45, 7) is 6.68. The highest BCUT2D eigenvalue weighted by Gasteiger charge is 2.21. The summed E-state index contributed by atoms with van der Waals surface area (Å²) in [4.78, 5) is 26.6. The van der Waals surface area contributed by atoms with Crippen molar-refractivity contribution in [3.05, 3.63) is 29.3 Å². The lowest BCUT2D eigenvalue weighted by Gasteiger charge is -2.32. The number of piperazine rings is 1. The van der Waals surface area contributed by atoms with Gasteiger partial charge in [0.1, 0.15) is 5.75 Å². The van der Waals surface area contributed by atoms with Crippen LogP contribution in [0.4, 0.5) is 0 Å². The smallest absolute Gasteiger partial charge is 0.227 e. The summed E-state index contributed by atoms with van der Waals surface area (Å²) < 4.78 is 5.43. The molecule has 0 spiro atoms. The summed E-state index contributed by atoms with van der Waals surface area (Å²) in [5.41, 5.74) is 2.11. The molecule has 1 fully saturated rings. The molecular weight excluding hydrogens is 280 g/mol. The van der Waals surface area contributed by atoms with E-state index in [1.165, 1.54) is 5.56 Å². The molecule has 1 aliphatic rings. The van der Waals surface area contributed by atoms with Crippen molar-refractivity contribution in [3.8, 4) is 5.75 Å².